The fourth-order valence-electron chi connectivity index (χ4n) is 4.53. The van der Waals surface area contributed by atoms with E-state index in [0.29, 0.717) is 36.1 Å². The van der Waals surface area contributed by atoms with Crippen LogP contribution in [0.15, 0.2) is 36.4 Å². The van der Waals surface area contributed by atoms with Crippen LogP contribution in [0, 0.1) is 12.8 Å². The van der Waals surface area contributed by atoms with Gasteiger partial charge in [-0.05, 0) is 73.6 Å². The lowest BCUT2D eigenvalue weighted by Crippen LogP contribution is -2.38. The van der Waals surface area contributed by atoms with Gasteiger partial charge in [0.1, 0.15) is 11.4 Å². The van der Waals surface area contributed by atoms with Gasteiger partial charge in [0.05, 0.1) is 20.3 Å². The normalized spacial score (nSPS) is 17.3. The number of aliphatic hydroxyl groups is 1. The van der Waals surface area contributed by atoms with Crippen LogP contribution >= 0.6 is 0 Å². The molecule has 11 nitrogen and oxygen atoms in total. The van der Waals surface area contributed by atoms with Crippen LogP contribution in [-0.2, 0) is 17.9 Å². The van der Waals surface area contributed by atoms with Gasteiger partial charge in [-0.1, -0.05) is 12.1 Å². The molecule has 196 valence electrons. The van der Waals surface area contributed by atoms with E-state index in [-0.39, 0.29) is 36.6 Å². The maximum absolute atomic E-state index is 12.8. The van der Waals surface area contributed by atoms with E-state index in [0.717, 1.165) is 37.0 Å². The first kappa shape index (κ1) is 26.2. The molecule has 4 rings (SSSR count). The highest BCUT2D eigenvalue weighted by atomic mass is 16.5. The number of aliphatic hydroxyl groups excluding tert-OH is 1. The van der Waals surface area contributed by atoms with Crippen LogP contribution < -0.4 is 15.4 Å². The summed E-state index contributed by atoms with van der Waals surface area (Å²) in [7, 11) is 1.60. The zero-order valence-corrected chi connectivity index (χ0v) is 21.2. The number of hydrogen-bond donors (Lipinski definition) is 3. The van der Waals surface area contributed by atoms with Crippen molar-refractivity contribution in [2.24, 2.45) is 5.92 Å². The summed E-state index contributed by atoms with van der Waals surface area (Å²) in [6.07, 6.45) is 3.83. The van der Waals surface area contributed by atoms with Crippen molar-refractivity contribution in [1.82, 2.24) is 35.8 Å². The van der Waals surface area contributed by atoms with Crippen molar-refractivity contribution in [2.75, 3.05) is 13.7 Å². The number of benzene rings is 1. The lowest BCUT2D eigenvalue weighted by atomic mass is 9.86. The minimum Gasteiger partial charge on any atom is -0.497 e. The second-order valence-electron chi connectivity index (χ2n) is 9.34. The van der Waals surface area contributed by atoms with Crippen LogP contribution in [0.2, 0.25) is 0 Å². The number of nitrogens with one attached hydrogen (secondary N) is 2. The van der Waals surface area contributed by atoms with Crippen molar-refractivity contribution >= 4 is 11.8 Å². The molecule has 0 bridgehead atoms. The molecule has 1 aliphatic carbocycles. The average molecular weight is 508 g/mol. The number of nitrogens with zero attached hydrogens (tertiary/aromatic N) is 5. The molecule has 3 aromatic rings. The maximum atomic E-state index is 12.8. The number of aromatic nitrogens is 5. The quantitative estimate of drug-likeness (QED) is 0.378. The highest BCUT2D eigenvalue weighted by Gasteiger charge is 2.23. The third-order valence-electron chi connectivity index (χ3n) is 6.46. The summed E-state index contributed by atoms with van der Waals surface area (Å²) < 4.78 is 5.23. The van der Waals surface area contributed by atoms with Gasteiger partial charge in [-0.25, -0.2) is 4.98 Å². The van der Waals surface area contributed by atoms with E-state index in [1.807, 2.05) is 37.3 Å². The second-order valence-corrected chi connectivity index (χ2v) is 9.34. The summed E-state index contributed by atoms with van der Waals surface area (Å²) in [4.78, 5) is 30.5. The molecule has 0 spiro atoms. The third kappa shape index (κ3) is 7.32. The van der Waals surface area contributed by atoms with Crippen molar-refractivity contribution in [3.05, 3.63) is 53.3 Å². The predicted molar refractivity (Wildman–Crippen MR) is 136 cm³/mol. The van der Waals surface area contributed by atoms with Crippen LogP contribution in [0.3, 0.4) is 0 Å². The third-order valence-corrected chi connectivity index (χ3v) is 6.46. The van der Waals surface area contributed by atoms with Gasteiger partial charge in [-0.2, -0.15) is 4.80 Å². The summed E-state index contributed by atoms with van der Waals surface area (Å²) in [5, 5.41) is 27.7. The molecule has 0 radical (unpaired) electrons. The number of rotatable bonds is 10. The van der Waals surface area contributed by atoms with Gasteiger partial charge >= 0.3 is 0 Å². The Morgan fingerprint density at radius 2 is 1.97 bits per heavy atom. The zero-order chi connectivity index (χ0) is 26.2. The van der Waals surface area contributed by atoms with Crippen molar-refractivity contribution in [3.8, 4) is 17.1 Å². The largest absolute Gasteiger partial charge is 0.497 e. The molecule has 2 heterocycles. The van der Waals surface area contributed by atoms with Gasteiger partial charge in [0.2, 0.25) is 11.7 Å². The molecule has 0 saturated heterocycles. The van der Waals surface area contributed by atoms with Crippen molar-refractivity contribution < 1.29 is 19.4 Å². The van der Waals surface area contributed by atoms with E-state index in [2.05, 4.69) is 31.0 Å². The van der Waals surface area contributed by atoms with Crippen molar-refractivity contribution in [3.63, 3.8) is 0 Å². The molecule has 1 fully saturated rings. The molecule has 37 heavy (non-hydrogen) atoms. The number of carbonyl (C=O) groups excluding carboxylic acids is 2. The first-order chi connectivity index (χ1) is 17.9. The van der Waals surface area contributed by atoms with Crippen molar-refractivity contribution in [1.29, 1.82) is 0 Å². The number of ether oxygens (including phenoxy) is 1. The Kier molecular flexibility index (Phi) is 8.78. The fraction of sp³-hybridized carbons (Fsp3) is 0.462. The Morgan fingerprint density at radius 1 is 1.16 bits per heavy atom. The molecule has 3 N–H and O–H groups in total. The molecule has 2 amide bonds. The van der Waals surface area contributed by atoms with Crippen molar-refractivity contribution in [2.45, 2.75) is 58.2 Å². The van der Waals surface area contributed by atoms with E-state index in [1.54, 1.807) is 18.0 Å². The summed E-state index contributed by atoms with van der Waals surface area (Å²) >= 11 is 0. The Bertz CT molecular complexity index is 1220. The van der Waals surface area contributed by atoms with Gasteiger partial charge in [-0.3, -0.25) is 9.59 Å². The van der Waals surface area contributed by atoms with E-state index in [4.69, 9.17) is 9.84 Å². The van der Waals surface area contributed by atoms with Crippen LogP contribution in [0.25, 0.3) is 11.4 Å². The average Bonchev–Trinajstić information content (AvgIpc) is 3.37. The molecule has 1 aromatic carbocycles. The summed E-state index contributed by atoms with van der Waals surface area (Å²) in [5.74, 6) is 1.18. The molecular weight excluding hydrogens is 474 g/mol. The van der Waals surface area contributed by atoms with E-state index >= 15 is 0 Å². The summed E-state index contributed by atoms with van der Waals surface area (Å²) in [5.41, 5.74) is 2.57. The van der Waals surface area contributed by atoms with E-state index < -0.39 is 0 Å². The molecule has 11 heteroatoms. The Hall–Kier alpha value is -3.86. The number of aryl methyl sites for hydroxylation is 1. The number of methoxy groups -OCH3 is 1. The van der Waals surface area contributed by atoms with E-state index in [1.165, 1.54) is 0 Å². The number of hydrogen-bond acceptors (Lipinski definition) is 8. The number of tetrazole rings is 1. The highest BCUT2D eigenvalue weighted by Crippen LogP contribution is 2.26. The topological polar surface area (TPSA) is 144 Å². The Morgan fingerprint density at radius 3 is 2.73 bits per heavy atom. The highest BCUT2D eigenvalue weighted by molar-refractivity contribution is 5.93. The molecule has 0 atom stereocenters. The molecule has 1 saturated carbocycles. The van der Waals surface area contributed by atoms with Crippen LogP contribution in [0.1, 0.15) is 53.8 Å². The number of pyridine rings is 1. The minimum absolute atomic E-state index is 0.102. The molecular formula is C26H33N7O4. The Balaban J connectivity index is 1.34. The summed E-state index contributed by atoms with van der Waals surface area (Å²) in [6, 6.07) is 11.2. The molecule has 0 aliphatic heterocycles. The summed E-state index contributed by atoms with van der Waals surface area (Å²) in [6.45, 7) is 2.68. The van der Waals surface area contributed by atoms with Crippen LogP contribution in [0.5, 0.6) is 5.75 Å². The minimum atomic E-state index is -0.289. The number of carbonyl (C=O) groups is 2. The van der Waals surface area contributed by atoms with Crippen LogP contribution in [-0.4, -0.2) is 61.9 Å². The fourth-order valence-corrected chi connectivity index (χ4v) is 4.53. The predicted octanol–water partition coefficient (Wildman–Crippen LogP) is 2.04. The molecule has 0 unspecified atom stereocenters. The number of amides is 2. The maximum Gasteiger partial charge on any atom is 0.270 e. The first-order valence-corrected chi connectivity index (χ1v) is 12.5. The standard InChI is InChI=1S/C26H33N7O4/c1-17-12-20(14-23(28-17)26(36)27-15-19-4-3-5-22(13-19)37-2)25-30-32-33(31-25)16-18-6-8-21(9-7-18)29-24(35)10-11-34/h3-5,12-14,18,21,34H,6-11,15-16H2,1-2H3,(H,27,36)(H,29,35). The Labute approximate surface area is 215 Å². The van der Waals surface area contributed by atoms with E-state index in [9.17, 15) is 9.59 Å². The smallest absolute Gasteiger partial charge is 0.270 e. The second kappa shape index (κ2) is 12.4. The molecule has 1 aliphatic rings. The lowest BCUT2D eigenvalue weighted by molar-refractivity contribution is -0.122. The van der Waals surface area contributed by atoms with Gasteiger partial charge in [0.25, 0.3) is 5.91 Å². The van der Waals surface area contributed by atoms with Gasteiger partial charge in [-0.15, -0.1) is 10.2 Å². The monoisotopic (exact) mass is 507 g/mol. The zero-order valence-electron chi connectivity index (χ0n) is 21.2. The van der Waals surface area contributed by atoms with Crippen LogP contribution in [0.4, 0.5) is 0 Å². The first-order valence-electron chi connectivity index (χ1n) is 12.5. The molecule has 2 aromatic heterocycles. The SMILES string of the molecule is COc1cccc(CNC(=O)c2cc(-c3nnn(CC4CCC(NC(=O)CCO)CC4)n3)cc(C)n2)c1. The van der Waals surface area contributed by atoms with Gasteiger partial charge < -0.3 is 20.5 Å². The lowest BCUT2D eigenvalue weighted by Gasteiger charge is -2.28. The van der Waals surface area contributed by atoms with Gasteiger partial charge in [0.15, 0.2) is 0 Å². The van der Waals surface area contributed by atoms with Gasteiger partial charge in [0, 0.05) is 30.3 Å².